The number of amides is 2. The number of carbonyl (C=O) groups excluding carboxylic acids is 1. The van der Waals surface area contributed by atoms with Crippen LogP contribution in [0.15, 0.2) is 47.4 Å². The minimum absolute atomic E-state index is 0.0501. The fourth-order valence-corrected chi connectivity index (χ4v) is 5.21. The van der Waals surface area contributed by atoms with E-state index in [0.29, 0.717) is 40.1 Å². The Hall–Kier alpha value is -3.11. The highest BCUT2D eigenvalue weighted by molar-refractivity contribution is 7.92. The number of sulfonamides is 1. The molecule has 1 heterocycles. The van der Waals surface area contributed by atoms with Crippen molar-refractivity contribution in [1.82, 2.24) is 10.3 Å². The lowest BCUT2D eigenvalue weighted by atomic mass is 10.1. The van der Waals surface area contributed by atoms with E-state index in [4.69, 9.17) is 0 Å². The zero-order valence-corrected chi connectivity index (χ0v) is 19.9. The Kier molecular flexibility index (Phi) is 7.05. The molecule has 3 aromatic rings. The van der Waals surface area contributed by atoms with Crippen molar-refractivity contribution >= 4 is 38.2 Å². The van der Waals surface area contributed by atoms with Gasteiger partial charge in [0.25, 0.3) is 10.0 Å². The molecule has 0 saturated heterocycles. The quantitative estimate of drug-likeness (QED) is 0.370. The summed E-state index contributed by atoms with van der Waals surface area (Å²) in [5.74, 6) is 0.381. The largest absolute Gasteiger partial charge is 0.508 e. The van der Waals surface area contributed by atoms with E-state index in [9.17, 15) is 18.3 Å². The maximum absolute atomic E-state index is 13.0. The van der Waals surface area contributed by atoms with E-state index in [1.165, 1.54) is 35.6 Å². The molecule has 0 atom stereocenters. The molecular weight excluding hydrogens is 448 g/mol. The van der Waals surface area contributed by atoms with Crippen molar-refractivity contribution < 1.29 is 18.3 Å². The Morgan fingerprint density at radius 1 is 1.12 bits per heavy atom. The molecule has 1 aromatic heterocycles. The minimum atomic E-state index is -3.86. The number of aromatic nitrogens is 1. The number of phenolic OH excluding ortho intramolecular Hbond substituents is 1. The molecule has 3 rings (SSSR count). The second-order valence-corrected chi connectivity index (χ2v) is 10.4. The fourth-order valence-electron chi connectivity index (χ4n) is 2.93. The lowest BCUT2D eigenvalue weighted by Crippen LogP contribution is -2.31. The molecule has 10 heteroatoms. The van der Waals surface area contributed by atoms with Crippen molar-refractivity contribution in [1.29, 1.82) is 0 Å². The Bertz CT molecular complexity index is 1220. The second-order valence-electron chi connectivity index (χ2n) is 7.80. The molecule has 0 aliphatic heterocycles. The van der Waals surface area contributed by atoms with Crippen LogP contribution in [0.4, 0.5) is 15.6 Å². The van der Waals surface area contributed by atoms with Crippen LogP contribution >= 0.6 is 11.3 Å². The highest BCUT2D eigenvalue weighted by Crippen LogP contribution is 2.35. The average molecular weight is 475 g/mol. The Labute approximate surface area is 191 Å². The molecule has 170 valence electrons. The number of urea groups is 1. The van der Waals surface area contributed by atoms with Crippen molar-refractivity contribution in [2.24, 2.45) is 5.92 Å². The summed E-state index contributed by atoms with van der Waals surface area (Å²) in [5, 5.41) is 15.3. The van der Waals surface area contributed by atoms with Crippen LogP contribution < -0.4 is 15.4 Å². The Morgan fingerprint density at radius 3 is 2.47 bits per heavy atom. The lowest BCUT2D eigenvalue weighted by molar-refractivity contribution is 0.251. The molecule has 4 N–H and O–H groups in total. The number of anilines is 2. The van der Waals surface area contributed by atoms with Crippen molar-refractivity contribution in [3.8, 4) is 16.2 Å². The third-order valence-electron chi connectivity index (χ3n) is 4.55. The summed E-state index contributed by atoms with van der Waals surface area (Å²) < 4.78 is 28.5. The van der Waals surface area contributed by atoms with Gasteiger partial charge in [0.2, 0.25) is 0 Å². The molecule has 0 saturated carbocycles. The maximum Gasteiger partial charge on any atom is 0.321 e. The predicted molar refractivity (Wildman–Crippen MR) is 128 cm³/mol. The van der Waals surface area contributed by atoms with Gasteiger partial charge in [0, 0.05) is 12.2 Å². The number of benzene rings is 2. The van der Waals surface area contributed by atoms with Crippen LogP contribution in [-0.2, 0) is 10.0 Å². The summed E-state index contributed by atoms with van der Waals surface area (Å²) in [6, 6.07) is 10.6. The van der Waals surface area contributed by atoms with E-state index in [-0.39, 0.29) is 16.7 Å². The van der Waals surface area contributed by atoms with Crippen molar-refractivity contribution in [2.45, 2.75) is 32.6 Å². The third kappa shape index (κ3) is 5.77. The molecule has 0 spiro atoms. The number of nitrogens with one attached hydrogen (secondary N) is 3. The first kappa shape index (κ1) is 23.6. The van der Waals surface area contributed by atoms with Crippen LogP contribution in [0.3, 0.4) is 0 Å². The van der Waals surface area contributed by atoms with Gasteiger partial charge in [0.15, 0.2) is 5.13 Å². The molecule has 0 fully saturated rings. The molecule has 0 unspecified atom stereocenters. The van der Waals surface area contributed by atoms with Crippen molar-refractivity contribution in [3.05, 3.63) is 53.7 Å². The number of hydrogen-bond acceptors (Lipinski definition) is 6. The SMILES string of the molecule is Cc1ccc(-c2sc(NC(=O)NCC(C)C)nc2C)cc1S(=O)(=O)Nc1ccc(O)cc1. The molecule has 2 aromatic carbocycles. The highest BCUT2D eigenvalue weighted by atomic mass is 32.2. The molecule has 32 heavy (non-hydrogen) atoms. The number of carbonyl (C=O) groups is 1. The van der Waals surface area contributed by atoms with Crippen LogP contribution in [0, 0.1) is 19.8 Å². The number of hydrogen-bond donors (Lipinski definition) is 4. The number of thiazole rings is 1. The van der Waals surface area contributed by atoms with Gasteiger partial charge in [0.1, 0.15) is 5.75 Å². The van der Waals surface area contributed by atoms with E-state index < -0.39 is 10.0 Å². The fraction of sp³-hybridized carbons (Fsp3) is 0.273. The number of aryl methyl sites for hydroxylation is 2. The summed E-state index contributed by atoms with van der Waals surface area (Å²) >= 11 is 1.28. The third-order valence-corrected chi connectivity index (χ3v) is 7.19. The number of nitrogens with zero attached hydrogens (tertiary/aromatic N) is 1. The van der Waals surface area contributed by atoms with E-state index in [1.54, 1.807) is 19.1 Å². The van der Waals surface area contributed by atoms with Gasteiger partial charge >= 0.3 is 6.03 Å². The monoisotopic (exact) mass is 474 g/mol. The molecule has 0 bridgehead atoms. The molecule has 8 nitrogen and oxygen atoms in total. The van der Waals surface area contributed by atoms with E-state index in [1.807, 2.05) is 26.8 Å². The second kappa shape index (κ2) is 9.58. The highest BCUT2D eigenvalue weighted by Gasteiger charge is 2.20. The van der Waals surface area contributed by atoms with Crippen LogP contribution in [0.25, 0.3) is 10.4 Å². The van der Waals surface area contributed by atoms with Gasteiger partial charge in [0.05, 0.1) is 15.5 Å². The summed E-state index contributed by atoms with van der Waals surface area (Å²) in [5.41, 5.74) is 2.31. The minimum Gasteiger partial charge on any atom is -0.508 e. The first-order chi connectivity index (χ1) is 15.0. The van der Waals surface area contributed by atoms with Crippen LogP contribution in [0.2, 0.25) is 0 Å². The number of aromatic hydroxyl groups is 1. The van der Waals surface area contributed by atoms with Gasteiger partial charge in [-0.05, 0) is 61.2 Å². The molecule has 2 amide bonds. The summed E-state index contributed by atoms with van der Waals surface area (Å²) in [6.45, 7) is 8.10. The smallest absolute Gasteiger partial charge is 0.321 e. The Balaban J connectivity index is 1.86. The van der Waals surface area contributed by atoms with Gasteiger partial charge in [-0.1, -0.05) is 37.3 Å². The van der Waals surface area contributed by atoms with Crippen LogP contribution in [0.1, 0.15) is 25.1 Å². The van der Waals surface area contributed by atoms with E-state index in [2.05, 4.69) is 20.3 Å². The van der Waals surface area contributed by atoms with Gasteiger partial charge in [-0.25, -0.2) is 18.2 Å². The van der Waals surface area contributed by atoms with E-state index >= 15 is 0 Å². The predicted octanol–water partition coefficient (Wildman–Crippen LogP) is 4.71. The van der Waals surface area contributed by atoms with Gasteiger partial charge in [-0.3, -0.25) is 10.0 Å². The number of rotatable bonds is 7. The van der Waals surface area contributed by atoms with Gasteiger partial charge in [-0.2, -0.15) is 0 Å². The molecule has 0 radical (unpaired) electrons. The summed E-state index contributed by atoms with van der Waals surface area (Å²) in [6.07, 6.45) is 0. The first-order valence-corrected chi connectivity index (χ1v) is 12.3. The van der Waals surface area contributed by atoms with Crippen LogP contribution in [0.5, 0.6) is 5.75 Å². The zero-order valence-electron chi connectivity index (χ0n) is 18.3. The van der Waals surface area contributed by atoms with Gasteiger partial charge < -0.3 is 10.4 Å². The maximum atomic E-state index is 13.0. The normalized spacial score (nSPS) is 11.4. The molecule has 0 aliphatic carbocycles. The standard InChI is InChI=1S/C22H26N4O4S2/c1-13(2)12-23-21(28)25-22-24-15(4)20(31-22)16-6-5-14(3)19(11-16)32(29,30)26-17-7-9-18(27)10-8-17/h5-11,13,26-27H,12H2,1-4H3,(H2,23,24,25,28). The van der Waals surface area contributed by atoms with Crippen LogP contribution in [-0.4, -0.2) is 31.1 Å². The van der Waals surface area contributed by atoms with Crippen molar-refractivity contribution in [2.75, 3.05) is 16.6 Å². The number of phenols is 1. The summed E-state index contributed by atoms with van der Waals surface area (Å²) in [7, 11) is -3.86. The zero-order chi connectivity index (χ0) is 23.5. The topological polar surface area (TPSA) is 120 Å². The average Bonchev–Trinajstić information content (AvgIpc) is 3.08. The first-order valence-electron chi connectivity index (χ1n) is 10.0. The molecular formula is C22H26N4O4S2. The van der Waals surface area contributed by atoms with E-state index in [0.717, 1.165) is 4.88 Å². The van der Waals surface area contributed by atoms with Crippen molar-refractivity contribution in [3.63, 3.8) is 0 Å². The lowest BCUT2D eigenvalue weighted by Gasteiger charge is -2.12. The Morgan fingerprint density at radius 2 is 1.81 bits per heavy atom. The van der Waals surface area contributed by atoms with Gasteiger partial charge in [-0.15, -0.1) is 0 Å². The molecule has 0 aliphatic rings. The summed E-state index contributed by atoms with van der Waals surface area (Å²) in [4.78, 5) is 17.3.